The summed E-state index contributed by atoms with van der Waals surface area (Å²) in [5.74, 6) is 0.589. The Hall–Kier alpha value is -2.21. The molecule has 1 saturated heterocycles. The van der Waals surface area contributed by atoms with E-state index in [9.17, 15) is 22.8 Å². The lowest BCUT2D eigenvalue weighted by atomic mass is 10.1. The van der Waals surface area contributed by atoms with Crippen molar-refractivity contribution in [2.75, 3.05) is 24.3 Å². The number of carbonyl (C=O) groups excluding carboxylic acids is 1. The van der Waals surface area contributed by atoms with Crippen LogP contribution in [0.5, 0.6) is 0 Å². The van der Waals surface area contributed by atoms with E-state index in [1.807, 2.05) is 20.8 Å². The maximum absolute atomic E-state index is 13.0. The average molecular weight is 498 g/mol. The smallest absolute Gasteiger partial charge is 0.332 e. The number of nitrogens with zero attached hydrogens (tertiary/aromatic N) is 5. The molecule has 0 aromatic carbocycles. The predicted molar refractivity (Wildman–Crippen MR) is 128 cm³/mol. The van der Waals surface area contributed by atoms with Gasteiger partial charge in [-0.2, -0.15) is 0 Å². The number of rotatable bonds is 8. The van der Waals surface area contributed by atoms with Crippen LogP contribution >= 0.6 is 11.8 Å². The van der Waals surface area contributed by atoms with Crippen LogP contribution in [-0.2, 0) is 34.6 Å². The number of amides is 1. The lowest BCUT2D eigenvalue weighted by Crippen LogP contribution is -2.39. The lowest BCUT2D eigenvalue weighted by Gasteiger charge is -2.23. The number of aryl methyl sites for hydroxylation is 1. The molecule has 10 nitrogen and oxygen atoms in total. The van der Waals surface area contributed by atoms with Gasteiger partial charge in [-0.25, -0.2) is 23.2 Å². The minimum atomic E-state index is -3.11. The van der Waals surface area contributed by atoms with Crippen molar-refractivity contribution in [3.05, 3.63) is 26.7 Å². The Morgan fingerprint density at radius 2 is 1.97 bits per heavy atom. The molecule has 182 valence electrons. The second-order valence-corrected chi connectivity index (χ2v) is 12.1. The molecule has 0 unspecified atom stereocenters. The van der Waals surface area contributed by atoms with Crippen LogP contribution in [-0.4, -0.2) is 68.7 Å². The quantitative estimate of drug-likeness (QED) is 0.388. The summed E-state index contributed by atoms with van der Waals surface area (Å²) in [4.78, 5) is 49.2. The van der Waals surface area contributed by atoms with Gasteiger partial charge in [0.05, 0.1) is 17.3 Å². The summed E-state index contributed by atoms with van der Waals surface area (Å²) in [5, 5.41) is 0.587. The summed E-state index contributed by atoms with van der Waals surface area (Å²) in [6.07, 6.45) is 1.67. The molecule has 2 aromatic heterocycles. The molecule has 3 heterocycles. The molecular formula is C21H31N5O5S2. The summed E-state index contributed by atoms with van der Waals surface area (Å²) in [6, 6.07) is -0.343. The minimum Gasteiger partial charge on any atom is -0.341 e. The number of fused-ring (bicyclic) bond motifs is 1. The van der Waals surface area contributed by atoms with Crippen LogP contribution in [0.2, 0.25) is 0 Å². The highest BCUT2D eigenvalue weighted by Gasteiger charge is 2.32. The molecular weight excluding hydrogens is 466 g/mol. The van der Waals surface area contributed by atoms with Crippen molar-refractivity contribution in [2.24, 2.45) is 13.0 Å². The van der Waals surface area contributed by atoms with Gasteiger partial charge in [-0.05, 0) is 18.8 Å². The highest BCUT2D eigenvalue weighted by molar-refractivity contribution is 8.00. The van der Waals surface area contributed by atoms with Gasteiger partial charge < -0.3 is 4.90 Å². The third-order valence-electron chi connectivity index (χ3n) is 5.71. The average Bonchev–Trinajstić information content (AvgIpc) is 3.11. The predicted octanol–water partition coefficient (Wildman–Crippen LogP) is 0.836. The van der Waals surface area contributed by atoms with Crippen LogP contribution in [0.1, 0.15) is 39.4 Å². The van der Waals surface area contributed by atoms with Gasteiger partial charge in [0.25, 0.3) is 5.56 Å². The standard InChI is InChI=1S/C21H31N5O5S2/c1-6-8-26-18-17(20(28)25(5)21(26)29)19(23-15(22-18)10-13(2)3)32-11-16(27)24(4)14-7-9-33(30,31)12-14/h13-14H,6-12H2,1-5H3/t14-/m1/s1. The second kappa shape index (κ2) is 9.96. The SMILES string of the molecule is CCCn1c(=O)n(C)c(=O)c2c(SCC(=O)N(C)[C@@H]3CCS(=O)(=O)C3)nc(CC(C)C)nc21. The Kier molecular flexibility index (Phi) is 7.67. The summed E-state index contributed by atoms with van der Waals surface area (Å²) < 4.78 is 26.1. The summed E-state index contributed by atoms with van der Waals surface area (Å²) >= 11 is 1.12. The van der Waals surface area contributed by atoms with Crippen molar-refractivity contribution in [2.45, 2.75) is 57.6 Å². The summed E-state index contributed by atoms with van der Waals surface area (Å²) in [6.45, 7) is 6.39. The van der Waals surface area contributed by atoms with Crippen molar-refractivity contribution in [3.63, 3.8) is 0 Å². The van der Waals surface area contributed by atoms with Gasteiger partial charge in [0.1, 0.15) is 16.2 Å². The van der Waals surface area contributed by atoms with Gasteiger partial charge in [-0.15, -0.1) is 0 Å². The fourth-order valence-electron chi connectivity index (χ4n) is 3.88. The Morgan fingerprint density at radius 1 is 1.27 bits per heavy atom. The molecule has 2 aromatic rings. The molecule has 33 heavy (non-hydrogen) atoms. The highest BCUT2D eigenvalue weighted by Crippen LogP contribution is 2.25. The number of hydrogen-bond donors (Lipinski definition) is 0. The Labute approximate surface area is 197 Å². The largest absolute Gasteiger partial charge is 0.341 e. The van der Waals surface area contributed by atoms with E-state index < -0.39 is 21.1 Å². The lowest BCUT2D eigenvalue weighted by molar-refractivity contribution is -0.128. The zero-order valence-corrected chi connectivity index (χ0v) is 21.3. The minimum absolute atomic E-state index is 0.00363. The van der Waals surface area contributed by atoms with Crippen molar-refractivity contribution in [3.8, 4) is 0 Å². The number of hydrogen-bond acceptors (Lipinski definition) is 8. The van der Waals surface area contributed by atoms with E-state index >= 15 is 0 Å². The zero-order valence-electron chi connectivity index (χ0n) is 19.7. The maximum atomic E-state index is 13.0. The number of sulfone groups is 1. The van der Waals surface area contributed by atoms with Crippen molar-refractivity contribution < 1.29 is 13.2 Å². The van der Waals surface area contributed by atoms with Gasteiger partial charge in [0, 0.05) is 33.1 Å². The van der Waals surface area contributed by atoms with E-state index in [0.717, 1.165) is 16.3 Å². The van der Waals surface area contributed by atoms with Gasteiger partial charge in [0.15, 0.2) is 15.5 Å². The molecule has 0 aliphatic carbocycles. The Morgan fingerprint density at radius 3 is 2.55 bits per heavy atom. The van der Waals surface area contributed by atoms with Crippen LogP contribution in [0.4, 0.5) is 0 Å². The van der Waals surface area contributed by atoms with E-state index in [0.29, 0.717) is 42.3 Å². The van der Waals surface area contributed by atoms with Crippen LogP contribution in [0.3, 0.4) is 0 Å². The number of carbonyl (C=O) groups is 1. The first-order valence-electron chi connectivity index (χ1n) is 11.0. The monoisotopic (exact) mass is 497 g/mol. The number of aromatic nitrogens is 4. The zero-order chi connectivity index (χ0) is 24.5. The van der Waals surface area contributed by atoms with Crippen molar-refractivity contribution in [1.29, 1.82) is 0 Å². The van der Waals surface area contributed by atoms with Crippen LogP contribution in [0.15, 0.2) is 14.6 Å². The van der Waals surface area contributed by atoms with E-state index in [-0.39, 0.29) is 40.5 Å². The first-order valence-corrected chi connectivity index (χ1v) is 13.8. The fourth-order valence-corrected chi connectivity index (χ4v) is 6.61. The van der Waals surface area contributed by atoms with E-state index in [1.54, 1.807) is 7.05 Å². The van der Waals surface area contributed by atoms with Gasteiger partial charge in [0.2, 0.25) is 5.91 Å². The molecule has 0 saturated carbocycles. The topological polar surface area (TPSA) is 124 Å². The normalized spacial score (nSPS) is 17.7. The van der Waals surface area contributed by atoms with E-state index in [4.69, 9.17) is 0 Å². The number of thioether (sulfide) groups is 1. The molecule has 0 bridgehead atoms. The van der Waals surface area contributed by atoms with Crippen molar-refractivity contribution >= 4 is 38.5 Å². The molecule has 1 aliphatic heterocycles. The van der Waals surface area contributed by atoms with Crippen molar-refractivity contribution in [1.82, 2.24) is 24.0 Å². The third-order valence-corrected chi connectivity index (χ3v) is 8.43. The summed E-state index contributed by atoms with van der Waals surface area (Å²) in [5.41, 5.74) is -0.637. The molecule has 0 spiro atoms. The van der Waals surface area contributed by atoms with Gasteiger partial charge in [-0.3, -0.25) is 18.7 Å². The maximum Gasteiger partial charge on any atom is 0.332 e. The van der Waals surface area contributed by atoms with E-state index in [2.05, 4.69) is 9.97 Å². The van der Waals surface area contributed by atoms with Crippen LogP contribution < -0.4 is 11.2 Å². The van der Waals surface area contributed by atoms with Gasteiger partial charge >= 0.3 is 5.69 Å². The first-order chi connectivity index (χ1) is 15.4. The molecule has 0 N–H and O–H groups in total. The molecule has 1 aliphatic rings. The Balaban J connectivity index is 2.01. The third kappa shape index (κ3) is 5.48. The molecule has 3 rings (SSSR count). The van der Waals surface area contributed by atoms with Crippen LogP contribution in [0, 0.1) is 5.92 Å². The molecule has 1 amide bonds. The molecule has 1 fully saturated rings. The first kappa shape index (κ1) is 25.4. The molecule has 12 heteroatoms. The fraction of sp³-hybridized carbons (Fsp3) is 0.667. The van der Waals surface area contributed by atoms with E-state index in [1.165, 1.54) is 16.5 Å². The summed E-state index contributed by atoms with van der Waals surface area (Å²) in [7, 11) is -0.0810. The molecule has 0 radical (unpaired) electrons. The van der Waals surface area contributed by atoms with Crippen LogP contribution in [0.25, 0.3) is 11.0 Å². The molecule has 1 atom stereocenters. The Bertz CT molecular complexity index is 1280. The second-order valence-electron chi connectivity index (χ2n) is 8.89. The van der Waals surface area contributed by atoms with Gasteiger partial charge in [-0.1, -0.05) is 32.5 Å². The highest BCUT2D eigenvalue weighted by atomic mass is 32.2.